The summed E-state index contributed by atoms with van der Waals surface area (Å²) in [6.07, 6.45) is 0. The van der Waals surface area contributed by atoms with E-state index < -0.39 is 27.6 Å². The van der Waals surface area contributed by atoms with Gasteiger partial charge in [-0.2, -0.15) is 0 Å². The Hall–Kier alpha value is -4.83. The largest absolute Gasteiger partial charge is 0.438 e. The minimum Gasteiger partial charge on any atom is -0.438 e. The van der Waals surface area contributed by atoms with Crippen LogP contribution in [0.3, 0.4) is 0 Å². The Morgan fingerprint density at radius 3 is 2.38 bits per heavy atom. The molecule has 0 saturated heterocycles. The highest BCUT2D eigenvalue weighted by Crippen LogP contribution is 2.30. The third kappa shape index (κ3) is 5.62. The Morgan fingerprint density at radius 1 is 0.875 bits per heavy atom. The summed E-state index contributed by atoms with van der Waals surface area (Å²) in [4.78, 5) is 17.8. The van der Waals surface area contributed by atoms with Crippen molar-refractivity contribution in [2.75, 3.05) is 10.0 Å². The average Bonchev–Trinajstić information content (AvgIpc) is 2.92. The number of nitrogens with one attached hydrogen (secondary N) is 2. The molecular formula is C30H23F2N3O4S. The summed E-state index contributed by atoms with van der Waals surface area (Å²) < 4.78 is 61.5. The Kier molecular flexibility index (Phi) is 7.19. The zero-order chi connectivity index (χ0) is 28.4. The van der Waals surface area contributed by atoms with Gasteiger partial charge in [0.2, 0.25) is 5.88 Å². The molecule has 10 heteroatoms. The maximum atomic E-state index is 13.8. The summed E-state index contributed by atoms with van der Waals surface area (Å²) in [6.45, 7) is 3.15. The predicted octanol–water partition coefficient (Wildman–Crippen LogP) is 6.98. The minimum absolute atomic E-state index is 0.0276. The minimum atomic E-state index is -4.01. The van der Waals surface area contributed by atoms with Gasteiger partial charge in [0.05, 0.1) is 16.1 Å². The first-order chi connectivity index (χ1) is 19.1. The van der Waals surface area contributed by atoms with Crippen LogP contribution in [-0.4, -0.2) is 19.3 Å². The molecule has 1 heterocycles. The summed E-state index contributed by atoms with van der Waals surface area (Å²) in [5.41, 5.74) is 1.88. The van der Waals surface area contributed by atoms with Gasteiger partial charge in [-0.3, -0.25) is 9.52 Å². The van der Waals surface area contributed by atoms with E-state index >= 15 is 0 Å². The summed E-state index contributed by atoms with van der Waals surface area (Å²) in [5.74, 6) is -1.12. The van der Waals surface area contributed by atoms with Crippen molar-refractivity contribution in [3.8, 4) is 11.6 Å². The number of carbonyl (C=O) groups is 1. The number of nitrogens with zero attached hydrogens (tertiary/aromatic N) is 1. The van der Waals surface area contributed by atoms with Crippen molar-refractivity contribution in [2.45, 2.75) is 18.7 Å². The van der Waals surface area contributed by atoms with Crippen LogP contribution in [0.1, 0.15) is 21.5 Å². The molecule has 5 rings (SSSR count). The van der Waals surface area contributed by atoms with Crippen LogP contribution in [0.15, 0.2) is 95.9 Å². The van der Waals surface area contributed by atoms with Crippen LogP contribution in [0, 0.1) is 25.5 Å². The molecule has 0 aliphatic heterocycles. The first-order valence-corrected chi connectivity index (χ1v) is 13.6. The van der Waals surface area contributed by atoms with Crippen LogP contribution in [0.4, 0.5) is 20.2 Å². The second-order valence-corrected chi connectivity index (χ2v) is 10.7. The van der Waals surface area contributed by atoms with Gasteiger partial charge < -0.3 is 10.1 Å². The van der Waals surface area contributed by atoms with Crippen molar-refractivity contribution >= 4 is 38.2 Å². The molecular weight excluding hydrogens is 536 g/mol. The molecule has 0 aliphatic rings. The summed E-state index contributed by atoms with van der Waals surface area (Å²) in [5, 5.41) is 3.44. The Bertz CT molecular complexity index is 1860. The molecule has 7 nitrogen and oxygen atoms in total. The molecule has 1 amide bonds. The highest BCUT2D eigenvalue weighted by molar-refractivity contribution is 7.92. The first-order valence-electron chi connectivity index (χ1n) is 12.1. The lowest BCUT2D eigenvalue weighted by atomic mass is 10.1. The summed E-state index contributed by atoms with van der Waals surface area (Å²) >= 11 is 0. The lowest BCUT2D eigenvalue weighted by Gasteiger charge is -2.14. The van der Waals surface area contributed by atoms with Gasteiger partial charge in [0.15, 0.2) is 0 Å². The van der Waals surface area contributed by atoms with Crippen LogP contribution >= 0.6 is 0 Å². The van der Waals surface area contributed by atoms with Crippen molar-refractivity contribution in [3.05, 3.63) is 119 Å². The van der Waals surface area contributed by atoms with E-state index in [-0.39, 0.29) is 27.6 Å². The Morgan fingerprint density at radius 2 is 1.62 bits per heavy atom. The quantitative estimate of drug-likeness (QED) is 0.224. The van der Waals surface area contributed by atoms with Crippen LogP contribution in [-0.2, 0) is 10.0 Å². The lowest BCUT2D eigenvalue weighted by molar-refractivity contribution is 0.102. The Labute approximate surface area is 229 Å². The number of anilines is 2. The monoisotopic (exact) mass is 559 g/mol. The molecule has 5 aromatic rings. The zero-order valence-corrected chi connectivity index (χ0v) is 22.2. The van der Waals surface area contributed by atoms with Crippen LogP contribution in [0.25, 0.3) is 10.9 Å². The van der Waals surface area contributed by atoms with E-state index in [0.29, 0.717) is 27.9 Å². The number of hydrogen-bond donors (Lipinski definition) is 2. The standard InChI is InChI=1S/C30H23F2N3O4S/c1-18-16-21(31)10-15-28(18)39-30-24(17-20-6-3-4-8-27(20)34-30)29(36)33-22-11-13-23(14-12-22)40(37,38)35-26-9-5-7-25(32)19(26)2/h3-17,35H,1-2H3,(H,33,36). The topological polar surface area (TPSA) is 97.4 Å². The molecule has 0 aliphatic carbocycles. The van der Waals surface area contributed by atoms with Gasteiger partial charge in [0.1, 0.15) is 22.9 Å². The molecule has 4 aromatic carbocycles. The molecule has 0 spiro atoms. The SMILES string of the molecule is Cc1cc(F)ccc1Oc1nc2ccccc2cc1C(=O)Nc1ccc(S(=O)(=O)Nc2cccc(F)c2C)cc1. The molecule has 0 fully saturated rings. The highest BCUT2D eigenvalue weighted by atomic mass is 32.2. The van der Waals surface area contributed by atoms with Crippen molar-refractivity contribution in [2.24, 2.45) is 0 Å². The summed E-state index contributed by atoms with van der Waals surface area (Å²) in [6, 6.07) is 22.5. The highest BCUT2D eigenvalue weighted by Gasteiger charge is 2.20. The fourth-order valence-corrected chi connectivity index (χ4v) is 5.13. The lowest BCUT2D eigenvalue weighted by Crippen LogP contribution is -2.15. The number of carbonyl (C=O) groups excluding carboxylic acids is 1. The number of hydrogen-bond acceptors (Lipinski definition) is 5. The number of sulfonamides is 1. The van der Waals surface area contributed by atoms with Crippen molar-refractivity contribution in [1.29, 1.82) is 0 Å². The zero-order valence-electron chi connectivity index (χ0n) is 21.4. The number of aromatic nitrogens is 1. The smallest absolute Gasteiger partial charge is 0.261 e. The van der Waals surface area contributed by atoms with Crippen LogP contribution in [0.5, 0.6) is 11.6 Å². The molecule has 0 atom stereocenters. The van der Waals surface area contributed by atoms with E-state index in [9.17, 15) is 22.0 Å². The second-order valence-electron chi connectivity index (χ2n) is 9.04. The number of rotatable bonds is 7. The van der Waals surface area contributed by atoms with Gasteiger partial charge >= 0.3 is 0 Å². The molecule has 0 saturated carbocycles. The van der Waals surface area contributed by atoms with Gasteiger partial charge in [-0.1, -0.05) is 24.3 Å². The van der Waals surface area contributed by atoms with Crippen molar-refractivity contribution in [3.63, 3.8) is 0 Å². The van der Waals surface area contributed by atoms with E-state index in [0.717, 1.165) is 0 Å². The van der Waals surface area contributed by atoms with E-state index in [1.54, 1.807) is 25.1 Å². The van der Waals surface area contributed by atoms with Gasteiger partial charge in [-0.15, -0.1) is 0 Å². The molecule has 202 valence electrons. The number of pyridine rings is 1. The van der Waals surface area contributed by atoms with E-state index in [1.165, 1.54) is 67.6 Å². The Balaban J connectivity index is 1.41. The number of aryl methyl sites for hydroxylation is 1. The maximum absolute atomic E-state index is 13.8. The third-order valence-corrected chi connectivity index (χ3v) is 7.59. The van der Waals surface area contributed by atoms with Gasteiger partial charge in [-0.25, -0.2) is 22.2 Å². The van der Waals surface area contributed by atoms with Gasteiger partial charge in [0.25, 0.3) is 15.9 Å². The average molecular weight is 560 g/mol. The predicted molar refractivity (Wildman–Crippen MR) is 149 cm³/mol. The molecule has 1 aromatic heterocycles. The molecule has 0 radical (unpaired) electrons. The maximum Gasteiger partial charge on any atom is 0.261 e. The third-order valence-electron chi connectivity index (χ3n) is 6.21. The molecule has 2 N–H and O–H groups in total. The normalized spacial score (nSPS) is 11.3. The second kappa shape index (κ2) is 10.7. The van der Waals surface area contributed by atoms with E-state index in [2.05, 4.69) is 15.0 Å². The van der Waals surface area contributed by atoms with E-state index in [4.69, 9.17) is 4.74 Å². The number of fused-ring (bicyclic) bond motifs is 1. The first kappa shape index (κ1) is 26.8. The fraction of sp³-hybridized carbons (Fsp3) is 0.0667. The van der Waals surface area contributed by atoms with Gasteiger partial charge in [-0.05, 0) is 86.1 Å². The fourth-order valence-electron chi connectivity index (χ4n) is 4.01. The van der Waals surface area contributed by atoms with Crippen molar-refractivity contribution < 1.29 is 26.7 Å². The molecule has 40 heavy (non-hydrogen) atoms. The molecule has 0 bridgehead atoms. The summed E-state index contributed by atoms with van der Waals surface area (Å²) in [7, 11) is -4.01. The number of halogens is 2. The van der Waals surface area contributed by atoms with Gasteiger partial charge in [0, 0.05) is 16.6 Å². The molecule has 0 unspecified atom stereocenters. The van der Waals surface area contributed by atoms with Crippen molar-refractivity contribution in [1.82, 2.24) is 4.98 Å². The van der Waals surface area contributed by atoms with Crippen LogP contribution in [0.2, 0.25) is 0 Å². The van der Waals surface area contributed by atoms with E-state index in [1.807, 2.05) is 12.1 Å². The number of ether oxygens (including phenoxy) is 1. The number of benzene rings is 4. The van der Waals surface area contributed by atoms with Crippen LogP contribution < -0.4 is 14.8 Å². The number of para-hydroxylation sites is 1. The number of amides is 1.